The molecular formula is C10H12N2O. The Bertz CT molecular complexity index is 324. The molecule has 0 heterocycles. The van der Waals surface area contributed by atoms with Crippen molar-refractivity contribution in [3.05, 3.63) is 54.1 Å². The van der Waals surface area contributed by atoms with Gasteiger partial charge in [-0.2, -0.15) is 0 Å². The van der Waals surface area contributed by atoms with E-state index in [1.165, 1.54) is 6.20 Å². The van der Waals surface area contributed by atoms with Crippen molar-refractivity contribution in [3.63, 3.8) is 0 Å². The molecule has 0 saturated heterocycles. The maximum Gasteiger partial charge on any atom is 0.189 e. The van der Waals surface area contributed by atoms with Gasteiger partial charge in [0, 0.05) is 5.57 Å². The SMILES string of the molecule is N/C=C\C(=C(/N)O)c1ccccc1. The first-order valence-electron chi connectivity index (χ1n) is 3.88. The number of hydrogen-bond donors (Lipinski definition) is 3. The molecule has 0 fully saturated rings. The fourth-order valence-electron chi connectivity index (χ4n) is 1.04. The summed E-state index contributed by atoms with van der Waals surface area (Å²) in [6.45, 7) is 0. The van der Waals surface area contributed by atoms with Gasteiger partial charge in [0.1, 0.15) is 0 Å². The van der Waals surface area contributed by atoms with Crippen LogP contribution in [0.5, 0.6) is 0 Å². The number of nitrogens with two attached hydrogens (primary N) is 2. The van der Waals surface area contributed by atoms with Crippen molar-refractivity contribution in [1.82, 2.24) is 0 Å². The van der Waals surface area contributed by atoms with Crippen LogP contribution >= 0.6 is 0 Å². The highest BCUT2D eigenvalue weighted by molar-refractivity contribution is 5.74. The number of aliphatic hydroxyl groups is 1. The van der Waals surface area contributed by atoms with E-state index in [1.54, 1.807) is 6.08 Å². The zero-order valence-corrected chi connectivity index (χ0v) is 7.14. The lowest BCUT2D eigenvalue weighted by molar-refractivity contribution is 0.409. The van der Waals surface area contributed by atoms with Gasteiger partial charge in [-0.05, 0) is 17.8 Å². The second-order valence-electron chi connectivity index (χ2n) is 2.52. The van der Waals surface area contributed by atoms with E-state index < -0.39 is 0 Å². The van der Waals surface area contributed by atoms with Gasteiger partial charge in [0.15, 0.2) is 5.88 Å². The first-order valence-corrected chi connectivity index (χ1v) is 3.88. The monoisotopic (exact) mass is 176 g/mol. The molecule has 1 aromatic carbocycles. The van der Waals surface area contributed by atoms with Gasteiger partial charge in [-0.25, -0.2) is 0 Å². The number of benzene rings is 1. The maximum atomic E-state index is 9.15. The maximum absolute atomic E-state index is 9.15. The Morgan fingerprint density at radius 1 is 1.23 bits per heavy atom. The average molecular weight is 176 g/mol. The largest absolute Gasteiger partial charge is 0.495 e. The van der Waals surface area contributed by atoms with Crippen LogP contribution in [0.3, 0.4) is 0 Å². The van der Waals surface area contributed by atoms with E-state index in [1.807, 2.05) is 30.3 Å². The average Bonchev–Trinajstić information content (AvgIpc) is 2.15. The molecule has 68 valence electrons. The highest BCUT2D eigenvalue weighted by atomic mass is 16.3. The number of aliphatic hydroxyl groups excluding tert-OH is 1. The Hall–Kier alpha value is -1.90. The minimum atomic E-state index is -0.229. The Morgan fingerprint density at radius 3 is 2.31 bits per heavy atom. The quantitative estimate of drug-likeness (QED) is 0.470. The van der Waals surface area contributed by atoms with E-state index in [2.05, 4.69) is 0 Å². The lowest BCUT2D eigenvalue weighted by Crippen LogP contribution is -1.99. The fourth-order valence-corrected chi connectivity index (χ4v) is 1.04. The molecule has 0 amide bonds. The van der Waals surface area contributed by atoms with Crippen LogP contribution in [0.2, 0.25) is 0 Å². The van der Waals surface area contributed by atoms with Crippen LogP contribution in [0, 0.1) is 0 Å². The van der Waals surface area contributed by atoms with E-state index in [4.69, 9.17) is 16.6 Å². The van der Waals surface area contributed by atoms with E-state index in [9.17, 15) is 0 Å². The van der Waals surface area contributed by atoms with Crippen LogP contribution in [0.1, 0.15) is 5.56 Å². The molecule has 0 aromatic heterocycles. The van der Waals surface area contributed by atoms with Gasteiger partial charge >= 0.3 is 0 Å². The molecule has 5 N–H and O–H groups in total. The molecule has 1 rings (SSSR count). The van der Waals surface area contributed by atoms with E-state index in [-0.39, 0.29) is 5.88 Å². The molecule has 0 unspecified atom stereocenters. The summed E-state index contributed by atoms with van der Waals surface area (Å²) < 4.78 is 0. The third-order valence-corrected chi connectivity index (χ3v) is 1.62. The van der Waals surface area contributed by atoms with Crippen LogP contribution in [-0.2, 0) is 0 Å². The van der Waals surface area contributed by atoms with Crippen molar-refractivity contribution in [2.45, 2.75) is 0 Å². The van der Waals surface area contributed by atoms with Crippen LogP contribution in [0.15, 0.2) is 48.5 Å². The molecular weight excluding hydrogens is 164 g/mol. The summed E-state index contributed by atoms with van der Waals surface area (Å²) >= 11 is 0. The van der Waals surface area contributed by atoms with Crippen molar-refractivity contribution in [2.75, 3.05) is 0 Å². The Kier molecular flexibility index (Phi) is 2.97. The Morgan fingerprint density at radius 2 is 1.85 bits per heavy atom. The zero-order valence-electron chi connectivity index (χ0n) is 7.14. The first-order chi connectivity index (χ1) is 6.25. The van der Waals surface area contributed by atoms with Gasteiger partial charge in [-0.1, -0.05) is 30.3 Å². The fraction of sp³-hybridized carbons (Fsp3) is 0. The molecule has 3 heteroatoms. The predicted octanol–water partition coefficient (Wildman–Crippen LogP) is 1.34. The van der Waals surface area contributed by atoms with E-state index in [0.717, 1.165) is 5.56 Å². The highest BCUT2D eigenvalue weighted by Gasteiger charge is 2.00. The third kappa shape index (κ3) is 2.27. The van der Waals surface area contributed by atoms with Crippen molar-refractivity contribution in [1.29, 1.82) is 0 Å². The second-order valence-corrected chi connectivity index (χ2v) is 2.52. The van der Waals surface area contributed by atoms with E-state index >= 15 is 0 Å². The summed E-state index contributed by atoms with van der Waals surface area (Å²) in [5, 5.41) is 9.15. The summed E-state index contributed by atoms with van der Waals surface area (Å²) in [6, 6.07) is 9.31. The molecule has 0 bridgehead atoms. The molecule has 0 aliphatic carbocycles. The Labute approximate surface area is 77.0 Å². The van der Waals surface area contributed by atoms with Crippen LogP contribution in [0.25, 0.3) is 5.57 Å². The normalized spacial score (nSPS) is 12.9. The minimum Gasteiger partial charge on any atom is -0.495 e. The van der Waals surface area contributed by atoms with Gasteiger partial charge in [0.2, 0.25) is 0 Å². The standard InChI is InChI=1S/C10H12N2O/c11-7-6-9(10(12)13)8-4-2-1-3-5-8/h1-7,13H,11-12H2/b7-6-,10-9-. The smallest absolute Gasteiger partial charge is 0.189 e. The lowest BCUT2D eigenvalue weighted by atomic mass is 10.1. The second kappa shape index (κ2) is 4.21. The molecule has 13 heavy (non-hydrogen) atoms. The van der Waals surface area contributed by atoms with Crippen LogP contribution < -0.4 is 11.5 Å². The molecule has 3 nitrogen and oxygen atoms in total. The first kappa shape index (κ1) is 9.19. The van der Waals surface area contributed by atoms with E-state index in [0.29, 0.717) is 5.57 Å². The van der Waals surface area contributed by atoms with Crippen LogP contribution in [-0.4, -0.2) is 5.11 Å². The van der Waals surface area contributed by atoms with Crippen molar-refractivity contribution < 1.29 is 5.11 Å². The number of allylic oxidation sites excluding steroid dienone is 2. The number of hydrogen-bond acceptors (Lipinski definition) is 3. The van der Waals surface area contributed by atoms with Gasteiger partial charge in [-0.15, -0.1) is 0 Å². The molecule has 0 aliphatic rings. The summed E-state index contributed by atoms with van der Waals surface area (Å²) in [5.41, 5.74) is 11.9. The summed E-state index contributed by atoms with van der Waals surface area (Å²) in [5.74, 6) is -0.229. The summed E-state index contributed by atoms with van der Waals surface area (Å²) in [7, 11) is 0. The van der Waals surface area contributed by atoms with Gasteiger partial charge in [-0.3, -0.25) is 0 Å². The van der Waals surface area contributed by atoms with Crippen molar-refractivity contribution in [2.24, 2.45) is 11.5 Å². The molecule has 0 atom stereocenters. The minimum absolute atomic E-state index is 0.229. The van der Waals surface area contributed by atoms with Crippen molar-refractivity contribution in [3.8, 4) is 0 Å². The molecule has 0 aliphatic heterocycles. The highest BCUT2D eigenvalue weighted by Crippen LogP contribution is 2.15. The summed E-state index contributed by atoms with van der Waals surface area (Å²) in [4.78, 5) is 0. The van der Waals surface area contributed by atoms with Crippen molar-refractivity contribution >= 4 is 5.57 Å². The van der Waals surface area contributed by atoms with Gasteiger partial charge in [0.05, 0.1) is 0 Å². The molecule has 0 spiro atoms. The predicted molar refractivity (Wildman–Crippen MR) is 53.5 cm³/mol. The summed E-state index contributed by atoms with van der Waals surface area (Å²) in [6.07, 6.45) is 2.90. The van der Waals surface area contributed by atoms with Gasteiger partial charge in [0.25, 0.3) is 0 Å². The zero-order chi connectivity index (χ0) is 9.68. The number of rotatable bonds is 2. The molecule has 0 saturated carbocycles. The molecule has 0 radical (unpaired) electrons. The molecule has 1 aromatic rings. The lowest BCUT2D eigenvalue weighted by Gasteiger charge is -2.02. The Balaban J connectivity index is 3.12. The third-order valence-electron chi connectivity index (χ3n) is 1.62. The van der Waals surface area contributed by atoms with Gasteiger partial charge < -0.3 is 16.6 Å². The topological polar surface area (TPSA) is 72.3 Å². The van der Waals surface area contributed by atoms with Crippen LogP contribution in [0.4, 0.5) is 0 Å².